The molecular formula is C18H14N4O2. The summed E-state index contributed by atoms with van der Waals surface area (Å²) in [6.45, 7) is 0.543. The zero-order chi connectivity index (χ0) is 16.8. The second-order valence-corrected chi connectivity index (χ2v) is 5.01. The molecule has 0 spiro atoms. The van der Waals surface area contributed by atoms with Crippen molar-refractivity contribution in [3.63, 3.8) is 0 Å². The molecule has 0 atom stereocenters. The molecule has 6 nitrogen and oxygen atoms in total. The summed E-state index contributed by atoms with van der Waals surface area (Å²) in [5, 5.41) is 14.7. The molecule has 0 unspecified atom stereocenters. The highest BCUT2D eigenvalue weighted by Gasteiger charge is 2.08. The summed E-state index contributed by atoms with van der Waals surface area (Å²) in [7, 11) is 0. The Morgan fingerprint density at radius 1 is 1.17 bits per heavy atom. The predicted molar refractivity (Wildman–Crippen MR) is 89.4 cm³/mol. The number of carbonyl (C=O) groups is 1. The molecule has 2 aromatic heterocycles. The molecule has 0 aliphatic heterocycles. The van der Waals surface area contributed by atoms with Crippen molar-refractivity contribution in [1.82, 2.24) is 4.98 Å². The topological polar surface area (TPSA) is 91.0 Å². The van der Waals surface area contributed by atoms with Crippen LogP contribution in [0, 0.1) is 11.3 Å². The molecule has 3 rings (SSSR count). The van der Waals surface area contributed by atoms with Gasteiger partial charge in [0.15, 0.2) is 0 Å². The molecule has 1 aromatic carbocycles. The van der Waals surface area contributed by atoms with E-state index >= 15 is 0 Å². The van der Waals surface area contributed by atoms with Gasteiger partial charge in [-0.2, -0.15) is 5.26 Å². The third-order valence-electron chi connectivity index (χ3n) is 3.29. The van der Waals surface area contributed by atoms with E-state index in [-0.39, 0.29) is 5.91 Å². The van der Waals surface area contributed by atoms with Crippen LogP contribution in [0.15, 0.2) is 65.4 Å². The fraction of sp³-hybridized carbons (Fsp3) is 0.0556. The van der Waals surface area contributed by atoms with Gasteiger partial charge in [0.25, 0.3) is 5.91 Å². The third kappa shape index (κ3) is 3.78. The molecule has 0 radical (unpaired) electrons. The Morgan fingerprint density at radius 3 is 2.79 bits per heavy atom. The maximum absolute atomic E-state index is 12.2. The highest BCUT2D eigenvalue weighted by Crippen LogP contribution is 2.13. The number of aromatic nitrogens is 1. The molecule has 2 N–H and O–H groups in total. The number of hydrogen-bond donors (Lipinski definition) is 2. The van der Waals surface area contributed by atoms with E-state index in [0.717, 1.165) is 11.4 Å². The molecule has 24 heavy (non-hydrogen) atoms. The van der Waals surface area contributed by atoms with Crippen LogP contribution in [-0.2, 0) is 6.54 Å². The van der Waals surface area contributed by atoms with Crippen molar-refractivity contribution in [3.8, 4) is 6.07 Å². The van der Waals surface area contributed by atoms with Gasteiger partial charge in [-0.3, -0.25) is 4.79 Å². The summed E-state index contributed by atoms with van der Waals surface area (Å²) in [6, 6.07) is 15.8. The molecule has 2 heterocycles. The number of nitrogens with zero attached hydrogens (tertiary/aromatic N) is 2. The highest BCUT2D eigenvalue weighted by atomic mass is 16.3. The Hall–Kier alpha value is -3.59. The van der Waals surface area contributed by atoms with E-state index in [1.54, 1.807) is 48.9 Å². The number of anilines is 2. The summed E-state index contributed by atoms with van der Waals surface area (Å²) >= 11 is 0. The van der Waals surface area contributed by atoms with Crippen LogP contribution in [0.1, 0.15) is 21.8 Å². The smallest absolute Gasteiger partial charge is 0.274 e. The first-order valence-corrected chi connectivity index (χ1v) is 7.28. The molecule has 0 aliphatic carbocycles. The van der Waals surface area contributed by atoms with Gasteiger partial charge in [-0.25, -0.2) is 4.98 Å². The Bertz CT molecular complexity index is 865. The summed E-state index contributed by atoms with van der Waals surface area (Å²) < 4.78 is 5.23. The maximum atomic E-state index is 12.2. The lowest BCUT2D eigenvalue weighted by Crippen LogP contribution is -2.13. The van der Waals surface area contributed by atoms with Crippen molar-refractivity contribution in [2.24, 2.45) is 0 Å². The lowest BCUT2D eigenvalue weighted by atomic mass is 10.2. The van der Waals surface area contributed by atoms with Crippen LogP contribution in [0.2, 0.25) is 0 Å². The van der Waals surface area contributed by atoms with E-state index in [0.29, 0.717) is 23.5 Å². The van der Waals surface area contributed by atoms with Crippen LogP contribution < -0.4 is 10.6 Å². The SMILES string of the molecule is N#Cc1cccc(NC(=O)c2ccc(NCc3ccco3)cn2)c1. The van der Waals surface area contributed by atoms with E-state index < -0.39 is 0 Å². The molecule has 118 valence electrons. The van der Waals surface area contributed by atoms with Gasteiger partial charge in [-0.05, 0) is 42.5 Å². The minimum atomic E-state index is -0.331. The van der Waals surface area contributed by atoms with Crippen molar-refractivity contribution >= 4 is 17.3 Å². The van der Waals surface area contributed by atoms with Gasteiger partial charge in [-0.15, -0.1) is 0 Å². The van der Waals surface area contributed by atoms with Crippen molar-refractivity contribution in [2.45, 2.75) is 6.54 Å². The van der Waals surface area contributed by atoms with Crippen LogP contribution in [0.3, 0.4) is 0 Å². The second-order valence-electron chi connectivity index (χ2n) is 5.01. The normalized spacial score (nSPS) is 9.96. The average Bonchev–Trinajstić information content (AvgIpc) is 3.14. The Labute approximate surface area is 138 Å². The van der Waals surface area contributed by atoms with Crippen molar-refractivity contribution in [2.75, 3.05) is 10.6 Å². The molecule has 3 aromatic rings. The Morgan fingerprint density at radius 2 is 2.08 bits per heavy atom. The first-order valence-electron chi connectivity index (χ1n) is 7.28. The van der Waals surface area contributed by atoms with Crippen molar-refractivity contribution < 1.29 is 9.21 Å². The van der Waals surface area contributed by atoms with Crippen molar-refractivity contribution in [3.05, 3.63) is 78.0 Å². The Kier molecular flexibility index (Phi) is 4.54. The second kappa shape index (κ2) is 7.11. The lowest BCUT2D eigenvalue weighted by Gasteiger charge is -2.07. The van der Waals surface area contributed by atoms with E-state index in [1.165, 1.54) is 0 Å². The fourth-order valence-corrected chi connectivity index (χ4v) is 2.10. The number of nitrogens with one attached hydrogen (secondary N) is 2. The molecule has 1 amide bonds. The largest absolute Gasteiger partial charge is 0.467 e. The predicted octanol–water partition coefficient (Wildman–Crippen LogP) is 3.41. The van der Waals surface area contributed by atoms with E-state index in [9.17, 15) is 4.79 Å². The summed E-state index contributed by atoms with van der Waals surface area (Å²) in [4.78, 5) is 16.3. The lowest BCUT2D eigenvalue weighted by molar-refractivity contribution is 0.102. The molecule has 0 aliphatic rings. The Balaban J connectivity index is 1.62. The third-order valence-corrected chi connectivity index (χ3v) is 3.29. The van der Waals surface area contributed by atoms with E-state index in [2.05, 4.69) is 15.6 Å². The molecule has 0 bridgehead atoms. The zero-order valence-corrected chi connectivity index (χ0v) is 12.7. The van der Waals surface area contributed by atoms with Crippen molar-refractivity contribution in [1.29, 1.82) is 5.26 Å². The zero-order valence-electron chi connectivity index (χ0n) is 12.7. The number of rotatable bonds is 5. The van der Waals surface area contributed by atoms with Gasteiger partial charge < -0.3 is 15.1 Å². The van der Waals surface area contributed by atoms with Crippen LogP contribution in [0.4, 0.5) is 11.4 Å². The van der Waals surface area contributed by atoms with E-state index in [1.807, 2.05) is 18.2 Å². The van der Waals surface area contributed by atoms with Gasteiger partial charge in [0, 0.05) is 5.69 Å². The summed E-state index contributed by atoms with van der Waals surface area (Å²) in [5.74, 6) is 0.483. The quantitative estimate of drug-likeness (QED) is 0.752. The molecule has 0 saturated carbocycles. The molecular weight excluding hydrogens is 304 g/mol. The molecule has 0 saturated heterocycles. The van der Waals surface area contributed by atoms with E-state index in [4.69, 9.17) is 9.68 Å². The number of benzene rings is 1. The van der Waals surface area contributed by atoms with Crippen LogP contribution in [0.25, 0.3) is 0 Å². The number of furan rings is 1. The monoisotopic (exact) mass is 318 g/mol. The minimum absolute atomic E-state index is 0.293. The summed E-state index contributed by atoms with van der Waals surface area (Å²) in [5.41, 5.74) is 2.12. The van der Waals surface area contributed by atoms with Gasteiger partial charge in [0.1, 0.15) is 11.5 Å². The first kappa shape index (κ1) is 15.3. The first-order chi connectivity index (χ1) is 11.7. The van der Waals surface area contributed by atoms with Crippen LogP contribution >= 0.6 is 0 Å². The minimum Gasteiger partial charge on any atom is -0.467 e. The average molecular weight is 318 g/mol. The molecule has 0 fully saturated rings. The highest BCUT2D eigenvalue weighted by molar-refractivity contribution is 6.03. The number of pyridine rings is 1. The number of nitriles is 1. The number of hydrogen-bond acceptors (Lipinski definition) is 5. The standard InChI is InChI=1S/C18H14N4O2/c19-10-13-3-1-4-14(9-13)22-18(23)17-7-6-15(11-21-17)20-12-16-5-2-8-24-16/h1-9,11,20H,12H2,(H,22,23). The number of carbonyl (C=O) groups excluding carboxylic acids is 1. The van der Waals surface area contributed by atoms with Gasteiger partial charge in [-0.1, -0.05) is 6.07 Å². The fourth-order valence-electron chi connectivity index (χ4n) is 2.10. The molecule has 6 heteroatoms. The number of amides is 1. The van der Waals surface area contributed by atoms with Crippen LogP contribution in [0.5, 0.6) is 0 Å². The summed E-state index contributed by atoms with van der Waals surface area (Å²) in [6.07, 6.45) is 3.20. The van der Waals surface area contributed by atoms with Gasteiger partial charge in [0.05, 0.1) is 36.3 Å². The van der Waals surface area contributed by atoms with Gasteiger partial charge >= 0.3 is 0 Å². The van der Waals surface area contributed by atoms with Crippen LogP contribution in [-0.4, -0.2) is 10.9 Å². The van der Waals surface area contributed by atoms with Gasteiger partial charge in [0.2, 0.25) is 0 Å². The maximum Gasteiger partial charge on any atom is 0.274 e.